The van der Waals surface area contributed by atoms with Gasteiger partial charge in [0.2, 0.25) is 0 Å². The lowest BCUT2D eigenvalue weighted by Gasteiger charge is -2.13. The Morgan fingerprint density at radius 3 is 2.33 bits per heavy atom. The van der Waals surface area contributed by atoms with Crippen molar-refractivity contribution >= 4 is 15.8 Å². The van der Waals surface area contributed by atoms with E-state index in [0.29, 0.717) is 24.2 Å². The lowest BCUT2D eigenvalue weighted by molar-refractivity contribution is 0.0686. The van der Waals surface area contributed by atoms with Gasteiger partial charge in [0.05, 0.1) is 4.75 Å². The molecule has 0 unspecified atom stereocenters. The highest BCUT2D eigenvalue weighted by Gasteiger charge is 2.53. The van der Waals surface area contributed by atoms with Crippen LogP contribution in [-0.2, 0) is 14.6 Å². The van der Waals surface area contributed by atoms with E-state index in [1.54, 1.807) is 24.3 Å². The molecule has 0 bridgehead atoms. The average molecular weight is 307 g/mol. The van der Waals surface area contributed by atoms with Gasteiger partial charge in [0.1, 0.15) is 0 Å². The van der Waals surface area contributed by atoms with Crippen LogP contribution >= 0.6 is 0 Å². The van der Waals surface area contributed by atoms with E-state index in [0.717, 1.165) is 5.56 Å². The number of hydrogen-bond donors (Lipinski definition) is 1. The first-order valence-electron chi connectivity index (χ1n) is 6.34. The van der Waals surface area contributed by atoms with Crippen LogP contribution in [0, 0.1) is 0 Å². The molecule has 0 saturated heterocycles. The number of hydrogen-bond acceptors (Lipinski definition) is 5. The van der Waals surface area contributed by atoms with Gasteiger partial charge in [-0.05, 0) is 18.4 Å². The van der Waals surface area contributed by atoms with Gasteiger partial charge in [-0.25, -0.2) is 13.2 Å². The SMILES string of the molecule is CS(=O)(=O)C1(c2ccc(-c3cc(C(=O)O)no3)cc2)CC1. The van der Waals surface area contributed by atoms with Crippen molar-refractivity contribution in [1.82, 2.24) is 5.16 Å². The van der Waals surface area contributed by atoms with Gasteiger partial charge >= 0.3 is 5.97 Å². The molecule has 110 valence electrons. The standard InChI is InChI=1S/C14H13NO5S/c1-21(18,19)14(6-7-14)10-4-2-9(3-5-10)12-8-11(13(16)17)15-20-12/h2-5,8H,6-7H2,1H3,(H,16,17). The quantitative estimate of drug-likeness (QED) is 0.928. The molecule has 1 aromatic heterocycles. The second kappa shape index (κ2) is 4.42. The number of sulfone groups is 1. The molecular weight excluding hydrogens is 294 g/mol. The van der Waals surface area contributed by atoms with E-state index in [4.69, 9.17) is 9.63 Å². The summed E-state index contributed by atoms with van der Waals surface area (Å²) in [4.78, 5) is 10.8. The number of aromatic carboxylic acids is 1. The van der Waals surface area contributed by atoms with Crippen molar-refractivity contribution in [2.75, 3.05) is 6.26 Å². The molecule has 6 nitrogen and oxygen atoms in total. The second-order valence-corrected chi connectivity index (χ2v) is 7.55. The van der Waals surface area contributed by atoms with Crippen LogP contribution in [-0.4, -0.2) is 30.9 Å². The molecule has 0 amide bonds. The smallest absolute Gasteiger partial charge is 0.358 e. The second-order valence-electron chi connectivity index (χ2n) is 5.23. The molecule has 21 heavy (non-hydrogen) atoms. The van der Waals surface area contributed by atoms with E-state index in [9.17, 15) is 13.2 Å². The maximum atomic E-state index is 11.9. The van der Waals surface area contributed by atoms with Gasteiger partial charge in [0.25, 0.3) is 0 Å². The van der Waals surface area contributed by atoms with Gasteiger partial charge in [0, 0.05) is 17.9 Å². The third-order valence-corrected chi connectivity index (χ3v) is 5.90. The fraction of sp³-hybridized carbons (Fsp3) is 0.286. The average Bonchev–Trinajstić information content (AvgIpc) is 3.10. The Balaban J connectivity index is 1.93. The van der Waals surface area contributed by atoms with E-state index in [2.05, 4.69) is 5.16 Å². The predicted molar refractivity (Wildman–Crippen MR) is 74.7 cm³/mol. The van der Waals surface area contributed by atoms with E-state index >= 15 is 0 Å². The van der Waals surface area contributed by atoms with Crippen molar-refractivity contribution in [3.05, 3.63) is 41.6 Å². The minimum atomic E-state index is -3.14. The van der Waals surface area contributed by atoms with Crippen molar-refractivity contribution in [3.63, 3.8) is 0 Å². The first kappa shape index (κ1) is 13.8. The highest BCUT2D eigenvalue weighted by atomic mass is 32.2. The topological polar surface area (TPSA) is 97.5 Å². The first-order valence-corrected chi connectivity index (χ1v) is 8.23. The molecule has 3 rings (SSSR count). The lowest BCUT2D eigenvalue weighted by Crippen LogP contribution is -2.18. The number of aromatic nitrogens is 1. The Kier molecular flexibility index (Phi) is 2.91. The molecule has 1 N–H and O–H groups in total. The van der Waals surface area contributed by atoms with Crippen molar-refractivity contribution in [2.24, 2.45) is 0 Å². The maximum Gasteiger partial charge on any atom is 0.358 e. The van der Waals surface area contributed by atoms with E-state index in [1.807, 2.05) is 0 Å². The summed E-state index contributed by atoms with van der Waals surface area (Å²) >= 11 is 0. The number of carboxylic acid groups (broad SMARTS) is 1. The predicted octanol–water partition coefficient (Wildman–Crippen LogP) is 2.07. The fourth-order valence-electron chi connectivity index (χ4n) is 2.44. The molecule has 1 saturated carbocycles. The minimum Gasteiger partial charge on any atom is -0.476 e. The minimum absolute atomic E-state index is 0.163. The highest BCUT2D eigenvalue weighted by Crippen LogP contribution is 2.52. The Bertz CT molecular complexity index is 800. The molecule has 2 aromatic rings. The summed E-state index contributed by atoms with van der Waals surface area (Å²) in [5, 5.41) is 12.2. The largest absolute Gasteiger partial charge is 0.476 e. The molecule has 1 aliphatic rings. The van der Waals surface area contributed by atoms with Crippen LogP contribution in [0.4, 0.5) is 0 Å². The van der Waals surface area contributed by atoms with Crippen molar-refractivity contribution in [3.8, 4) is 11.3 Å². The van der Waals surface area contributed by atoms with Gasteiger partial charge in [-0.2, -0.15) is 0 Å². The normalized spacial score (nSPS) is 16.6. The van der Waals surface area contributed by atoms with E-state index < -0.39 is 20.6 Å². The van der Waals surface area contributed by atoms with Crippen LogP contribution in [0.25, 0.3) is 11.3 Å². The summed E-state index contributed by atoms with van der Waals surface area (Å²) < 4.78 is 27.9. The molecule has 0 aliphatic heterocycles. The van der Waals surface area contributed by atoms with Gasteiger partial charge in [-0.3, -0.25) is 0 Å². The molecule has 7 heteroatoms. The summed E-state index contributed by atoms with van der Waals surface area (Å²) in [6.45, 7) is 0. The third-order valence-electron chi connectivity index (χ3n) is 3.84. The van der Waals surface area contributed by atoms with E-state index in [1.165, 1.54) is 12.3 Å². The molecule has 0 atom stereocenters. The zero-order valence-electron chi connectivity index (χ0n) is 11.2. The van der Waals surface area contributed by atoms with Crippen molar-refractivity contribution < 1.29 is 22.8 Å². The molecular formula is C14H13NO5S. The van der Waals surface area contributed by atoms with Gasteiger partial charge < -0.3 is 9.63 Å². The Morgan fingerprint density at radius 1 is 1.29 bits per heavy atom. The summed E-state index contributed by atoms with van der Waals surface area (Å²) in [5.41, 5.74) is 1.25. The maximum absolute atomic E-state index is 11.9. The van der Waals surface area contributed by atoms with Crippen LogP contribution in [0.3, 0.4) is 0 Å². The summed E-state index contributed by atoms with van der Waals surface area (Å²) in [6.07, 6.45) is 2.52. The Morgan fingerprint density at radius 2 is 1.90 bits per heavy atom. The van der Waals surface area contributed by atoms with Crippen molar-refractivity contribution in [2.45, 2.75) is 17.6 Å². The zero-order valence-corrected chi connectivity index (χ0v) is 12.1. The molecule has 1 fully saturated rings. The highest BCUT2D eigenvalue weighted by molar-refractivity contribution is 7.92. The summed E-state index contributed by atoms with van der Waals surface area (Å²) in [7, 11) is -3.14. The zero-order chi connectivity index (χ0) is 15.3. The van der Waals surface area contributed by atoms with Crippen LogP contribution in [0.15, 0.2) is 34.9 Å². The monoisotopic (exact) mass is 307 g/mol. The Labute approximate surface area is 121 Å². The van der Waals surface area contributed by atoms with Crippen LogP contribution < -0.4 is 0 Å². The molecule has 1 aliphatic carbocycles. The van der Waals surface area contributed by atoms with Crippen LogP contribution in [0.1, 0.15) is 28.9 Å². The number of nitrogens with zero attached hydrogens (tertiary/aromatic N) is 1. The summed E-state index contributed by atoms with van der Waals surface area (Å²) in [6, 6.07) is 8.25. The first-order chi connectivity index (χ1) is 9.83. The third kappa shape index (κ3) is 2.23. The van der Waals surface area contributed by atoms with Crippen LogP contribution in [0.2, 0.25) is 0 Å². The Hall–Kier alpha value is -2.15. The van der Waals surface area contributed by atoms with Gasteiger partial charge in [-0.15, -0.1) is 0 Å². The van der Waals surface area contributed by atoms with Crippen molar-refractivity contribution in [1.29, 1.82) is 0 Å². The molecule has 0 spiro atoms. The van der Waals surface area contributed by atoms with Gasteiger partial charge in [-0.1, -0.05) is 29.4 Å². The lowest BCUT2D eigenvalue weighted by atomic mass is 10.1. The van der Waals surface area contributed by atoms with Gasteiger partial charge in [0.15, 0.2) is 21.3 Å². The molecule has 1 heterocycles. The number of benzene rings is 1. The van der Waals surface area contributed by atoms with Crippen LogP contribution in [0.5, 0.6) is 0 Å². The fourth-order valence-corrected chi connectivity index (χ4v) is 3.85. The molecule has 0 radical (unpaired) electrons. The van der Waals surface area contributed by atoms with E-state index in [-0.39, 0.29) is 5.69 Å². The number of rotatable bonds is 4. The molecule has 1 aromatic carbocycles. The summed E-state index contributed by atoms with van der Waals surface area (Å²) in [5.74, 6) is -0.821. The number of carboxylic acids is 1. The number of carbonyl (C=O) groups is 1.